The first kappa shape index (κ1) is 78.0. The third-order valence-corrected chi connectivity index (χ3v) is 14.0. The summed E-state index contributed by atoms with van der Waals surface area (Å²) in [4.78, 5) is 38.4. The minimum atomic E-state index is -0.817. The molecule has 0 radical (unpaired) electrons. The van der Waals surface area contributed by atoms with E-state index in [9.17, 15) is 14.4 Å². The quantitative estimate of drug-likeness (QED) is 0.0261. The summed E-state index contributed by atoms with van der Waals surface area (Å²) < 4.78 is 16.9. The summed E-state index contributed by atoms with van der Waals surface area (Å²) in [5.74, 6) is -0.979. The number of carbonyl (C=O) groups excluding carboxylic acids is 3. The summed E-state index contributed by atoms with van der Waals surface area (Å²) in [6.07, 6.45) is 101. The first-order valence-electron chi connectivity index (χ1n) is 34.0. The first-order valence-corrected chi connectivity index (χ1v) is 34.0. The Morgan fingerprint density at radius 2 is 0.482 bits per heavy atom. The van der Waals surface area contributed by atoms with E-state index < -0.39 is 6.10 Å². The zero-order valence-corrected chi connectivity index (χ0v) is 53.7. The lowest BCUT2D eigenvalue weighted by Gasteiger charge is -2.18. The molecule has 83 heavy (non-hydrogen) atoms. The molecule has 1 atom stereocenters. The normalized spacial score (nSPS) is 13.1. The SMILES string of the molecule is CC/C=C\C/C=C\C/C=C\C/C=C\C/C=C\C/C=C\CCCCCCCCCCC(=O)OCC(COC(=O)CCC/C=C\C/C=C\C/C=C\C/C=C\C/C=C\CC)OC(=O)CCCCCCCCCCC/C=C\C/C=C\CCCCCCC. The monoisotopic (exact) mass is 1140 g/mol. The summed E-state index contributed by atoms with van der Waals surface area (Å²) in [5.41, 5.74) is 0. The van der Waals surface area contributed by atoms with E-state index in [1.807, 2.05) is 0 Å². The predicted molar refractivity (Wildman–Crippen MR) is 362 cm³/mol. The van der Waals surface area contributed by atoms with Gasteiger partial charge >= 0.3 is 17.9 Å². The van der Waals surface area contributed by atoms with E-state index in [4.69, 9.17) is 14.2 Å². The molecule has 0 aliphatic carbocycles. The Morgan fingerprint density at radius 3 is 0.783 bits per heavy atom. The molecule has 0 aromatic heterocycles. The Labute approximate surface area is 511 Å². The van der Waals surface area contributed by atoms with Crippen LogP contribution in [-0.2, 0) is 28.6 Å². The molecule has 0 heterocycles. The number of hydrogen-bond acceptors (Lipinski definition) is 6. The molecule has 0 N–H and O–H groups in total. The number of carbonyl (C=O) groups is 3. The van der Waals surface area contributed by atoms with Crippen molar-refractivity contribution >= 4 is 17.9 Å². The van der Waals surface area contributed by atoms with Gasteiger partial charge in [0.05, 0.1) is 0 Å². The highest BCUT2D eigenvalue weighted by Gasteiger charge is 2.19. The van der Waals surface area contributed by atoms with Gasteiger partial charge in [0.15, 0.2) is 6.10 Å². The summed E-state index contributed by atoms with van der Waals surface area (Å²) in [5, 5.41) is 0. The van der Waals surface area contributed by atoms with Gasteiger partial charge in [-0.15, -0.1) is 0 Å². The molecule has 0 bridgehead atoms. The van der Waals surface area contributed by atoms with E-state index in [0.717, 1.165) is 128 Å². The Hall–Kier alpha value is -4.97. The van der Waals surface area contributed by atoms with Crippen LogP contribution in [0.25, 0.3) is 0 Å². The van der Waals surface area contributed by atoms with Crippen molar-refractivity contribution in [2.24, 2.45) is 0 Å². The second-order valence-corrected chi connectivity index (χ2v) is 22.0. The van der Waals surface area contributed by atoms with Crippen LogP contribution in [0.3, 0.4) is 0 Å². The van der Waals surface area contributed by atoms with Crippen molar-refractivity contribution in [3.8, 4) is 0 Å². The van der Waals surface area contributed by atoms with E-state index >= 15 is 0 Å². The zero-order chi connectivity index (χ0) is 59.9. The lowest BCUT2D eigenvalue weighted by atomic mass is 10.1. The highest BCUT2D eigenvalue weighted by Crippen LogP contribution is 2.15. The molecule has 0 aliphatic rings. The highest BCUT2D eigenvalue weighted by molar-refractivity contribution is 5.71. The maximum atomic E-state index is 13.0. The van der Waals surface area contributed by atoms with E-state index in [-0.39, 0.29) is 37.5 Å². The van der Waals surface area contributed by atoms with Gasteiger partial charge in [-0.1, -0.05) is 288 Å². The third kappa shape index (κ3) is 67.7. The molecular formula is C77H124O6. The van der Waals surface area contributed by atoms with Gasteiger partial charge in [-0.2, -0.15) is 0 Å². The van der Waals surface area contributed by atoms with Gasteiger partial charge in [0.1, 0.15) is 13.2 Å². The molecule has 0 aromatic rings. The van der Waals surface area contributed by atoms with Crippen molar-refractivity contribution < 1.29 is 28.6 Å². The fourth-order valence-electron chi connectivity index (χ4n) is 8.98. The van der Waals surface area contributed by atoms with Crippen LogP contribution in [0, 0.1) is 0 Å². The van der Waals surface area contributed by atoms with Gasteiger partial charge < -0.3 is 14.2 Å². The van der Waals surface area contributed by atoms with Crippen LogP contribution in [0.5, 0.6) is 0 Å². The summed E-state index contributed by atoms with van der Waals surface area (Å²) in [6.45, 7) is 6.35. The number of rotatable bonds is 60. The first-order chi connectivity index (χ1) is 41.0. The molecule has 468 valence electrons. The summed E-state index contributed by atoms with van der Waals surface area (Å²) >= 11 is 0. The van der Waals surface area contributed by atoms with Crippen LogP contribution in [0.2, 0.25) is 0 Å². The van der Waals surface area contributed by atoms with Gasteiger partial charge in [0, 0.05) is 19.3 Å². The van der Waals surface area contributed by atoms with E-state index in [1.165, 1.54) is 116 Å². The zero-order valence-electron chi connectivity index (χ0n) is 53.7. The van der Waals surface area contributed by atoms with Gasteiger partial charge in [0.2, 0.25) is 0 Å². The van der Waals surface area contributed by atoms with Crippen molar-refractivity contribution in [3.05, 3.63) is 158 Å². The van der Waals surface area contributed by atoms with Crippen molar-refractivity contribution in [1.82, 2.24) is 0 Å². The molecule has 0 saturated carbocycles. The largest absolute Gasteiger partial charge is 0.462 e. The Bertz CT molecular complexity index is 1840. The molecule has 0 aliphatic heterocycles. The predicted octanol–water partition coefficient (Wildman–Crippen LogP) is 23.7. The van der Waals surface area contributed by atoms with Gasteiger partial charge in [-0.3, -0.25) is 14.4 Å². The Kier molecular flexibility index (Phi) is 65.4. The molecule has 0 aromatic carbocycles. The topological polar surface area (TPSA) is 78.9 Å². The maximum Gasteiger partial charge on any atom is 0.306 e. The lowest BCUT2D eigenvalue weighted by molar-refractivity contribution is -0.167. The molecule has 6 nitrogen and oxygen atoms in total. The minimum absolute atomic E-state index is 0.108. The van der Waals surface area contributed by atoms with Crippen LogP contribution in [-0.4, -0.2) is 37.2 Å². The number of unbranched alkanes of at least 4 members (excludes halogenated alkanes) is 23. The molecule has 0 spiro atoms. The summed E-state index contributed by atoms with van der Waals surface area (Å²) in [7, 11) is 0. The van der Waals surface area contributed by atoms with Crippen molar-refractivity contribution in [1.29, 1.82) is 0 Å². The number of hydrogen-bond donors (Lipinski definition) is 0. The molecule has 0 amide bonds. The second kappa shape index (κ2) is 69.5. The van der Waals surface area contributed by atoms with Gasteiger partial charge in [-0.05, 0) is 141 Å². The van der Waals surface area contributed by atoms with E-state index in [2.05, 4.69) is 179 Å². The Balaban J connectivity index is 4.47. The average Bonchev–Trinajstić information content (AvgIpc) is 3.49. The van der Waals surface area contributed by atoms with Crippen LogP contribution >= 0.6 is 0 Å². The van der Waals surface area contributed by atoms with Crippen molar-refractivity contribution in [2.45, 2.75) is 297 Å². The molecule has 0 rings (SSSR count). The van der Waals surface area contributed by atoms with Crippen molar-refractivity contribution in [2.75, 3.05) is 13.2 Å². The number of ether oxygens (including phenoxy) is 3. The molecule has 6 heteroatoms. The fraction of sp³-hybridized carbons (Fsp3) is 0.623. The fourth-order valence-corrected chi connectivity index (χ4v) is 8.98. The lowest BCUT2D eigenvalue weighted by Crippen LogP contribution is -2.30. The van der Waals surface area contributed by atoms with Crippen LogP contribution in [0.1, 0.15) is 290 Å². The average molecular weight is 1150 g/mol. The van der Waals surface area contributed by atoms with E-state index in [0.29, 0.717) is 19.3 Å². The number of esters is 3. The van der Waals surface area contributed by atoms with Gasteiger partial charge in [0.25, 0.3) is 0 Å². The highest BCUT2D eigenvalue weighted by atomic mass is 16.6. The van der Waals surface area contributed by atoms with Crippen LogP contribution in [0.4, 0.5) is 0 Å². The maximum absolute atomic E-state index is 13.0. The molecule has 1 unspecified atom stereocenters. The summed E-state index contributed by atoms with van der Waals surface area (Å²) in [6, 6.07) is 0. The van der Waals surface area contributed by atoms with E-state index in [1.54, 1.807) is 0 Å². The standard InChI is InChI=1S/C77H124O6/c1-4-7-10-13-16-19-22-25-28-31-33-35-36-37-38-39-40-42-43-46-49-52-55-58-61-64-67-70-76(79)82-73-74(72-81-75(78)69-66-63-60-57-54-51-48-45-30-27-24-21-18-15-12-9-6-3)83-77(80)71-68-65-62-59-56-53-50-47-44-41-34-32-29-26-23-20-17-14-11-8-5-2/h7,9-10,12,16,18-19,21,23,25-28,30,32-35,37-38,40,42,48,51,57,60,74H,4-6,8,11,13-15,17,20,22,24,29,31,36,39,41,43-47,49-50,52-56,58-59,61-73H2,1-3H3/b10-7-,12-9-,19-16-,21-18-,26-23-,28-25-,30-27-,34-32-,35-33-,38-37-,42-40-,51-48-,60-57-. The molecule has 0 saturated heterocycles. The Morgan fingerprint density at radius 1 is 0.253 bits per heavy atom. The second-order valence-electron chi connectivity index (χ2n) is 22.0. The molecule has 0 fully saturated rings. The molecular weight excluding hydrogens is 1020 g/mol. The minimum Gasteiger partial charge on any atom is -0.462 e. The van der Waals surface area contributed by atoms with Gasteiger partial charge in [-0.25, -0.2) is 0 Å². The van der Waals surface area contributed by atoms with Crippen molar-refractivity contribution in [3.63, 3.8) is 0 Å². The third-order valence-electron chi connectivity index (χ3n) is 14.0. The number of allylic oxidation sites excluding steroid dienone is 26. The van der Waals surface area contributed by atoms with Crippen LogP contribution < -0.4 is 0 Å². The van der Waals surface area contributed by atoms with Crippen LogP contribution in [0.15, 0.2) is 158 Å². The smallest absolute Gasteiger partial charge is 0.306 e.